The number of fused-ring (bicyclic) bond motifs is 8. The van der Waals surface area contributed by atoms with Crippen LogP contribution in [0.2, 0.25) is 0 Å². The van der Waals surface area contributed by atoms with Gasteiger partial charge in [0.15, 0.2) is 5.60 Å². The van der Waals surface area contributed by atoms with Gasteiger partial charge >= 0.3 is 5.97 Å². The Morgan fingerprint density at radius 1 is 0.714 bits per heavy atom. The van der Waals surface area contributed by atoms with Crippen LogP contribution in [0.3, 0.4) is 0 Å². The van der Waals surface area contributed by atoms with Gasteiger partial charge in [-0.3, -0.25) is 0 Å². The number of rotatable bonds is 4. The number of hydrogen-bond donors (Lipinski definition) is 0. The number of benzene rings is 5. The summed E-state index contributed by atoms with van der Waals surface area (Å²) in [6, 6.07) is 37.1. The highest BCUT2D eigenvalue weighted by molar-refractivity contribution is 7.99. The van der Waals surface area contributed by atoms with Crippen molar-refractivity contribution < 1.29 is 14.3 Å². The molecule has 0 radical (unpaired) electrons. The van der Waals surface area contributed by atoms with E-state index in [9.17, 15) is 4.79 Å². The Balaban J connectivity index is 1.35. The maximum Gasteiger partial charge on any atom is 0.340 e. The van der Waals surface area contributed by atoms with Gasteiger partial charge in [0.05, 0.1) is 16.9 Å². The molecule has 0 aromatic heterocycles. The van der Waals surface area contributed by atoms with Crippen molar-refractivity contribution in [3.05, 3.63) is 131 Å². The lowest BCUT2D eigenvalue weighted by atomic mass is 9.77. The average molecular weight is 569 g/mol. The van der Waals surface area contributed by atoms with Crippen LogP contribution in [0, 0.1) is 0 Å². The van der Waals surface area contributed by atoms with E-state index in [0.29, 0.717) is 17.1 Å². The normalized spacial score (nSPS) is 17.4. The Morgan fingerprint density at radius 3 is 2.05 bits per heavy atom. The molecule has 0 saturated carbocycles. The fraction of sp³-hybridized carbons (Fsp3) is 0.139. The van der Waals surface area contributed by atoms with Crippen LogP contribution in [0.15, 0.2) is 119 Å². The van der Waals surface area contributed by atoms with Crippen molar-refractivity contribution in [1.82, 2.24) is 0 Å². The second-order valence-corrected chi connectivity index (χ2v) is 11.7. The number of esters is 1. The lowest BCUT2D eigenvalue weighted by Gasteiger charge is -2.38. The average Bonchev–Trinajstić information content (AvgIpc) is 3.32. The molecule has 42 heavy (non-hydrogen) atoms. The highest BCUT2D eigenvalue weighted by atomic mass is 32.2. The molecular weight excluding hydrogens is 540 g/mol. The minimum absolute atomic E-state index is 0.322. The third-order valence-corrected chi connectivity index (χ3v) is 9.63. The van der Waals surface area contributed by atoms with Crippen LogP contribution < -0.4 is 14.5 Å². The highest BCUT2D eigenvalue weighted by Crippen LogP contribution is 2.58. The monoisotopic (exact) mass is 568 g/mol. The molecule has 5 aromatic carbocycles. The lowest BCUT2D eigenvalue weighted by molar-refractivity contribution is 0.0224. The van der Waals surface area contributed by atoms with Crippen LogP contribution in [0.4, 0.5) is 22.7 Å². The van der Waals surface area contributed by atoms with Crippen LogP contribution in [0.1, 0.15) is 40.9 Å². The van der Waals surface area contributed by atoms with Gasteiger partial charge < -0.3 is 19.3 Å². The molecule has 0 bridgehead atoms. The minimum atomic E-state index is -1.09. The van der Waals surface area contributed by atoms with Gasteiger partial charge in [-0.1, -0.05) is 54.2 Å². The van der Waals surface area contributed by atoms with E-state index in [1.165, 1.54) is 9.79 Å². The van der Waals surface area contributed by atoms with E-state index >= 15 is 0 Å². The van der Waals surface area contributed by atoms with E-state index in [0.717, 1.165) is 52.5 Å². The lowest BCUT2D eigenvalue weighted by Crippen LogP contribution is -2.33. The second-order valence-electron chi connectivity index (χ2n) is 10.6. The molecule has 1 unspecified atom stereocenters. The molecule has 0 saturated heterocycles. The van der Waals surface area contributed by atoms with Gasteiger partial charge in [0, 0.05) is 63.1 Å². The Morgan fingerprint density at radius 2 is 1.33 bits per heavy atom. The summed E-state index contributed by atoms with van der Waals surface area (Å²) in [7, 11) is 0. The van der Waals surface area contributed by atoms with E-state index in [1.807, 2.05) is 24.3 Å². The van der Waals surface area contributed by atoms with Gasteiger partial charge in [-0.25, -0.2) is 4.79 Å². The van der Waals surface area contributed by atoms with Crippen molar-refractivity contribution >= 4 is 40.5 Å². The summed E-state index contributed by atoms with van der Waals surface area (Å²) in [5.74, 6) is 1.05. The number of carbonyl (C=O) groups is 1. The molecule has 0 aliphatic carbocycles. The van der Waals surface area contributed by atoms with Crippen molar-refractivity contribution in [2.45, 2.75) is 29.2 Å². The third-order valence-electron chi connectivity index (χ3n) is 8.50. The first kappa shape index (κ1) is 25.1. The molecule has 3 heterocycles. The summed E-state index contributed by atoms with van der Waals surface area (Å²) in [6.07, 6.45) is 0. The van der Waals surface area contributed by atoms with Crippen LogP contribution in [0.25, 0.3) is 0 Å². The maximum absolute atomic E-state index is 13.3. The SMILES string of the molecule is CCN(CC)c1ccc2c(c1)Oc1cc(N3c4ccccc4Sc4ccccc43)ccc1C21OC(=O)c2ccccc21. The topological polar surface area (TPSA) is 42.0 Å². The molecule has 5 aromatic rings. The van der Waals surface area contributed by atoms with Crippen molar-refractivity contribution in [3.63, 3.8) is 0 Å². The van der Waals surface area contributed by atoms with Crippen molar-refractivity contribution in [2.24, 2.45) is 0 Å². The van der Waals surface area contributed by atoms with E-state index in [-0.39, 0.29) is 5.97 Å². The van der Waals surface area contributed by atoms with Crippen LogP contribution in [-0.4, -0.2) is 19.1 Å². The minimum Gasteiger partial charge on any atom is -0.456 e. The molecular formula is C36H28N2O3S. The van der Waals surface area contributed by atoms with Crippen molar-refractivity contribution in [2.75, 3.05) is 22.9 Å². The first-order valence-corrected chi connectivity index (χ1v) is 15.1. The van der Waals surface area contributed by atoms with Gasteiger partial charge in [0.2, 0.25) is 0 Å². The highest BCUT2D eigenvalue weighted by Gasteiger charge is 2.53. The number of anilines is 4. The van der Waals surface area contributed by atoms with E-state index < -0.39 is 5.60 Å². The third kappa shape index (κ3) is 3.48. The molecule has 0 fully saturated rings. The summed E-state index contributed by atoms with van der Waals surface area (Å²) in [5, 5.41) is 0. The summed E-state index contributed by atoms with van der Waals surface area (Å²) in [4.78, 5) is 20.3. The van der Waals surface area contributed by atoms with E-state index in [1.54, 1.807) is 11.8 Å². The fourth-order valence-corrected chi connectivity index (χ4v) is 7.62. The summed E-state index contributed by atoms with van der Waals surface area (Å²) in [6.45, 7) is 6.05. The quantitative estimate of drug-likeness (QED) is 0.198. The van der Waals surface area contributed by atoms with Crippen molar-refractivity contribution in [3.8, 4) is 11.5 Å². The Kier molecular flexibility index (Phi) is 5.63. The van der Waals surface area contributed by atoms with Crippen molar-refractivity contribution in [1.29, 1.82) is 0 Å². The second kappa shape index (κ2) is 9.43. The molecule has 206 valence electrons. The number of para-hydroxylation sites is 2. The number of carbonyl (C=O) groups excluding carboxylic acids is 1. The smallest absolute Gasteiger partial charge is 0.340 e. The van der Waals surface area contributed by atoms with Crippen LogP contribution in [-0.2, 0) is 10.3 Å². The molecule has 1 spiro atoms. The van der Waals surface area contributed by atoms with E-state index in [4.69, 9.17) is 9.47 Å². The summed E-state index contributed by atoms with van der Waals surface area (Å²) < 4.78 is 13.2. The summed E-state index contributed by atoms with van der Waals surface area (Å²) >= 11 is 1.78. The molecule has 8 rings (SSSR count). The zero-order chi connectivity index (χ0) is 28.4. The predicted octanol–water partition coefficient (Wildman–Crippen LogP) is 9.04. The van der Waals surface area contributed by atoms with Gasteiger partial charge in [-0.05, 0) is 68.4 Å². The largest absolute Gasteiger partial charge is 0.456 e. The Labute approximate surface area is 249 Å². The molecule has 3 aliphatic rings. The molecule has 5 nitrogen and oxygen atoms in total. The standard InChI is InChI=1S/C36H28N2O3S/c1-3-37(4-2)23-17-19-27-31(21-23)40-32-22-24(18-20-28(32)36(27)26-12-6-5-11-25(26)35(39)41-36)38-29-13-7-9-15-33(29)42-34-16-10-8-14-30(34)38/h5-22H,3-4H2,1-2H3. The zero-order valence-electron chi connectivity index (χ0n) is 23.3. The first-order valence-electron chi connectivity index (χ1n) is 14.3. The predicted molar refractivity (Wildman–Crippen MR) is 167 cm³/mol. The van der Waals surface area contributed by atoms with Crippen LogP contribution in [0.5, 0.6) is 11.5 Å². The summed E-state index contributed by atoms with van der Waals surface area (Å²) in [5.41, 5.74) is 6.28. The number of hydrogen-bond acceptors (Lipinski definition) is 6. The van der Waals surface area contributed by atoms with E-state index in [2.05, 4.69) is 109 Å². The molecule has 3 aliphatic heterocycles. The van der Waals surface area contributed by atoms with Gasteiger partial charge in [-0.2, -0.15) is 0 Å². The molecule has 0 N–H and O–H groups in total. The van der Waals surface area contributed by atoms with Gasteiger partial charge in [-0.15, -0.1) is 0 Å². The molecule has 0 amide bonds. The number of nitrogens with zero attached hydrogens (tertiary/aromatic N) is 2. The number of ether oxygens (including phenoxy) is 2. The Bertz CT molecular complexity index is 1850. The maximum atomic E-state index is 13.3. The zero-order valence-corrected chi connectivity index (χ0v) is 24.2. The van der Waals surface area contributed by atoms with Gasteiger partial charge in [0.1, 0.15) is 11.5 Å². The first-order chi connectivity index (χ1) is 20.6. The molecule has 1 atom stereocenters. The van der Waals surface area contributed by atoms with Crippen LogP contribution >= 0.6 is 11.8 Å². The fourth-order valence-electron chi connectivity index (χ4n) is 6.56. The molecule has 6 heteroatoms. The Hall–Kier alpha value is -4.68. The van der Waals surface area contributed by atoms with Gasteiger partial charge in [0.25, 0.3) is 0 Å².